The molecule has 0 amide bonds. The highest BCUT2D eigenvalue weighted by molar-refractivity contribution is 5.30. The van der Waals surface area contributed by atoms with Crippen molar-refractivity contribution in [3.8, 4) is 0 Å². The molecule has 1 aromatic heterocycles. The highest BCUT2D eigenvalue weighted by atomic mass is 15.3. The summed E-state index contributed by atoms with van der Waals surface area (Å²) in [6, 6.07) is 0. The van der Waals surface area contributed by atoms with E-state index in [0.717, 1.165) is 18.8 Å². The molecule has 0 saturated carbocycles. The molecule has 0 aromatic carbocycles. The lowest BCUT2D eigenvalue weighted by Crippen LogP contribution is -2.39. The van der Waals surface area contributed by atoms with Gasteiger partial charge in [-0.15, -0.1) is 0 Å². The van der Waals surface area contributed by atoms with Gasteiger partial charge in [-0.2, -0.15) is 5.10 Å². The van der Waals surface area contributed by atoms with Crippen molar-refractivity contribution in [1.82, 2.24) is 14.7 Å². The number of nitrogen functional groups attached to an aromatic ring is 1. The Balaban J connectivity index is 1.79. The monoisotopic (exact) mass is 166 g/mol. The first-order chi connectivity index (χ1) is 5.84. The fourth-order valence-electron chi connectivity index (χ4n) is 1.35. The molecule has 0 unspecified atom stereocenters. The SMILES string of the molecule is Nc1cnn(CCN2CCC2)c1. The minimum Gasteiger partial charge on any atom is -0.396 e. The Kier molecular flexibility index (Phi) is 1.99. The van der Waals surface area contributed by atoms with Gasteiger partial charge < -0.3 is 10.6 Å². The minimum absolute atomic E-state index is 0.749. The standard InChI is InChI=1S/C8H14N4/c9-8-6-10-12(7-8)5-4-11-2-1-3-11/h6-7H,1-5,9H2. The van der Waals surface area contributed by atoms with Crippen LogP contribution in [0.4, 0.5) is 5.69 Å². The van der Waals surface area contributed by atoms with Crippen molar-refractivity contribution >= 4 is 5.69 Å². The van der Waals surface area contributed by atoms with E-state index in [1.165, 1.54) is 19.5 Å². The van der Waals surface area contributed by atoms with Crippen molar-refractivity contribution in [2.45, 2.75) is 13.0 Å². The van der Waals surface area contributed by atoms with Gasteiger partial charge in [0, 0.05) is 12.7 Å². The normalized spacial score (nSPS) is 17.7. The van der Waals surface area contributed by atoms with Gasteiger partial charge in [-0.1, -0.05) is 0 Å². The third-order valence-corrected chi connectivity index (χ3v) is 2.25. The molecular formula is C8H14N4. The number of nitrogens with two attached hydrogens (primary N) is 1. The minimum atomic E-state index is 0.749. The Bertz CT molecular complexity index is 251. The molecule has 0 aliphatic carbocycles. The first-order valence-corrected chi connectivity index (χ1v) is 4.35. The van der Waals surface area contributed by atoms with Crippen molar-refractivity contribution in [1.29, 1.82) is 0 Å². The summed E-state index contributed by atoms with van der Waals surface area (Å²) in [6.45, 7) is 4.55. The fourth-order valence-corrected chi connectivity index (χ4v) is 1.35. The Morgan fingerprint density at radius 2 is 2.25 bits per heavy atom. The van der Waals surface area contributed by atoms with E-state index in [-0.39, 0.29) is 0 Å². The first kappa shape index (κ1) is 7.61. The maximum Gasteiger partial charge on any atom is 0.0719 e. The zero-order valence-corrected chi connectivity index (χ0v) is 7.11. The maximum atomic E-state index is 5.53. The van der Waals surface area contributed by atoms with Crippen LogP contribution < -0.4 is 5.73 Å². The maximum absolute atomic E-state index is 5.53. The van der Waals surface area contributed by atoms with Crippen LogP contribution in [0.1, 0.15) is 6.42 Å². The smallest absolute Gasteiger partial charge is 0.0719 e. The molecule has 2 N–H and O–H groups in total. The molecule has 4 heteroatoms. The third-order valence-electron chi connectivity index (χ3n) is 2.25. The number of anilines is 1. The van der Waals surface area contributed by atoms with Gasteiger partial charge in [-0.3, -0.25) is 4.68 Å². The van der Waals surface area contributed by atoms with Crippen molar-refractivity contribution in [2.24, 2.45) is 0 Å². The summed E-state index contributed by atoms with van der Waals surface area (Å²) in [7, 11) is 0. The van der Waals surface area contributed by atoms with Gasteiger partial charge in [-0.25, -0.2) is 0 Å². The lowest BCUT2D eigenvalue weighted by atomic mass is 10.2. The van der Waals surface area contributed by atoms with Crippen LogP contribution in [0.3, 0.4) is 0 Å². The van der Waals surface area contributed by atoms with E-state index in [9.17, 15) is 0 Å². The molecule has 0 spiro atoms. The number of likely N-dealkylation sites (tertiary alicyclic amines) is 1. The predicted octanol–water partition coefficient (Wildman–Crippen LogP) is 0.171. The molecule has 1 fully saturated rings. The number of hydrogen-bond donors (Lipinski definition) is 1. The topological polar surface area (TPSA) is 47.1 Å². The van der Waals surface area contributed by atoms with Gasteiger partial charge in [0.1, 0.15) is 0 Å². The Morgan fingerprint density at radius 3 is 2.75 bits per heavy atom. The Morgan fingerprint density at radius 1 is 1.42 bits per heavy atom. The zero-order chi connectivity index (χ0) is 8.39. The lowest BCUT2D eigenvalue weighted by Gasteiger charge is -2.30. The molecule has 4 nitrogen and oxygen atoms in total. The third kappa shape index (κ3) is 1.58. The summed E-state index contributed by atoms with van der Waals surface area (Å²) >= 11 is 0. The second kappa shape index (κ2) is 3.15. The van der Waals surface area contributed by atoms with Crippen LogP contribution in [0, 0.1) is 0 Å². The van der Waals surface area contributed by atoms with Gasteiger partial charge in [0.2, 0.25) is 0 Å². The van der Waals surface area contributed by atoms with Gasteiger partial charge in [0.25, 0.3) is 0 Å². The zero-order valence-electron chi connectivity index (χ0n) is 7.11. The molecule has 1 saturated heterocycles. The van der Waals surface area contributed by atoms with Crippen LogP contribution in [-0.2, 0) is 6.54 Å². The second-order valence-corrected chi connectivity index (χ2v) is 3.23. The fraction of sp³-hybridized carbons (Fsp3) is 0.625. The molecule has 0 atom stereocenters. The van der Waals surface area contributed by atoms with Crippen LogP contribution >= 0.6 is 0 Å². The van der Waals surface area contributed by atoms with E-state index in [0.29, 0.717) is 0 Å². The summed E-state index contributed by atoms with van der Waals surface area (Å²) in [5, 5.41) is 4.11. The highest BCUT2D eigenvalue weighted by Gasteiger charge is 2.12. The molecule has 66 valence electrons. The van der Waals surface area contributed by atoms with Crippen molar-refractivity contribution in [3.05, 3.63) is 12.4 Å². The van der Waals surface area contributed by atoms with Gasteiger partial charge in [-0.05, 0) is 19.5 Å². The van der Waals surface area contributed by atoms with E-state index >= 15 is 0 Å². The molecule has 12 heavy (non-hydrogen) atoms. The van der Waals surface area contributed by atoms with Crippen LogP contribution in [-0.4, -0.2) is 34.3 Å². The summed E-state index contributed by atoms with van der Waals surface area (Å²) in [4.78, 5) is 2.41. The first-order valence-electron chi connectivity index (χ1n) is 4.35. The molecule has 1 aliphatic heterocycles. The molecule has 2 rings (SSSR count). The van der Waals surface area contributed by atoms with E-state index in [1.54, 1.807) is 6.20 Å². The Labute approximate surface area is 72.0 Å². The number of nitrogens with zero attached hydrogens (tertiary/aromatic N) is 3. The summed E-state index contributed by atoms with van der Waals surface area (Å²) in [5.74, 6) is 0. The second-order valence-electron chi connectivity index (χ2n) is 3.23. The number of hydrogen-bond acceptors (Lipinski definition) is 3. The quantitative estimate of drug-likeness (QED) is 0.696. The summed E-state index contributed by atoms with van der Waals surface area (Å²) in [6.07, 6.45) is 4.91. The molecule has 1 aromatic rings. The van der Waals surface area contributed by atoms with Gasteiger partial charge in [0.05, 0.1) is 18.4 Å². The van der Waals surface area contributed by atoms with Gasteiger partial charge >= 0.3 is 0 Å². The number of aromatic nitrogens is 2. The van der Waals surface area contributed by atoms with Crippen LogP contribution in [0.2, 0.25) is 0 Å². The van der Waals surface area contributed by atoms with E-state index in [1.807, 2.05) is 10.9 Å². The van der Waals surface area contributed by atoms with Crippen molar-refractivity contribution < 1.29 is 0 Å². The van der Waals surface area contributed by atoms with E-state index in [4.69, 9.17) is 5.73 Å². The molecule has 0 bridgehead atoms. The lowest BCUT2D eigenvalue weighted by molar-refractivity contribution is 0.172. The molecule has 0 radical (unpaired) electrons. The van der Waals surface area contributed by atoms with Crippen LogP contribution in [0.15, 0.2) is 12.4 Å². The highest BCUT2D eigenvalue weighted by Crippen LogP contribution is 2.05. The van der Waals surface area contributed by atoms with Crippen LogP contribution in [0.25, 0.3) is 0 Å². The number of rotatable bonds is 3. The van der Waals surface area contributed by atoms with E-state index < -0.39 is 0 Å². The summed E-state index contributed by atoms with van der Waals surface area (Å²) in [5.41, 5.74) is 6.28. The van der Waals surface area contributed by atoms with Crippen molar-refractivity contribution in [3.63, 3.8) is 0 Å². The van der Waals surface area contributed by atoms with Gasteiger partial charge in [0.15, 0.2) is 0 Å². The largest absolute Gasteiger partial charge is 0.396 e. The average Bonchev–Trinajstić information content (AvgIpc) is 2.32. The molecule has 2 heterocycles. The van der Waals surface area contributed by atoms with Crippen molar-refractivity contribution in [2.75, 3.05) is 25.4 Å². The molecular weight excluding hydrogens is 152 g/mol. The predicted molar refractivity (Wildman–Crippen MR) is 47.7 cm³/mol. The average molecular weight is 166 g/mol. The summed E-state index contributed by atoms with van der Waals surface area (Å²) < 4.78 is 1.90. The molecule has 1 aliphatic rings. The van der Waals surface area contributed by atoms with E-state index in [2.05, 4.69) is 10.00 Å². The van der Waals surface area contributed by atoms with Crippen LogP contribution in [0.5, 0.6) is 0 Å². The Hall–Kier alpha value is -1.03.